The van der Waals surface area contributed by atoms with Gasteiger partial charge in [-0.15, -0.1) is 0 Å². The van der Waals surface area contributed by atoms with E-state index in [1.807, 2.05) is 0 Å². The van der Waals surface area contributed by atoms with Gasteiger partial charge >= 0.3 is 0 Å². The molecule has 0 heterocycles. The number of hydrazine groups is 1. The van der Waals surface area contributed by atoms with Gasteiger partial charge in [-0.05, 0) is 53.0 Å². The van der Waals surface area contributed by atoms with Crippen LogP contribution in [0.1, 0.15) is 23.2 Å². The molecule has 27 heavy (non-hydrogen) atoms. The summed E-state index contributed by atoms with van der Waals surface area (Å²) in [5.74, 6) is -0.410. The molecule has 0 spiro atoms. The van der Waals surface area contributed by atoms with Crippen LogP contribution in [0.2, 0.25) is 0 Å². The summed E-state index contributed by atoms with van der Waals surface area (Å²) in [6.45, 7) is -0.281. The highest BCUT2D eigenvalue weighted by Gasteiger charge is 2.29. The molecule has 2 aromatic rings. The Morgan fingerprint density at radius 2 is 1.81 bits per heavy atom. The fourth-order valence-corrected chi connectivity index (χ4v) is 2.74. The lowest BCUT2D eigenvalue weighted by atomic mass is 10.2. The topological polar surface area (TPSA) is 96.5 Å². The number of anilines is 1. The number of benzene rings is 2. The second-order valence-electron chi connectivity index (χ2n) is 6.06. The zero-order valence-corrected chi connectivity index (χ0v) is 15.9. The molecule has 0 radical (unpaired) electrons. The number of halogens is 1. The lowest BCUT2D eigenvalue weighted by molar-refractivity contribution is -0.123. The van der Waals surface area contributed by atoms with Crippen molar-refractivity contribution in [3.8, 4) is 5.75 Å². The van der Waals surface area contributed by atoms with E-state index in [1.165, 1.54) is 0 Å². The smallest absolute Gasteiger partial charge is 0.276 e. The summed E-state index contributed by atoms with van der Waals surface area (Å²) < 4.78 is 6.03. The maximum atomic E-state index is 12.0. The van der Waals surface area contributed by atoms with Crippen LogP contribution in [0, 0.1) is 5.92 Å². The summed E-state index contributed by atoms with van der Waals surface area (Å²) in [6.07, 6.45) is 1.85. The van der Waals surface area contributed by atoms with Crippen molar-refractivity contribution >= 4 is 39.3 Å². The fraction of sp³-hybridized carbons (Fsp3) is 0.211. The molecule has 0 atom stereocenters. The highest BCUT2D eigenvalue weighted by atomic mass is 79.9. The van der Waals surface area contributed by atoms with Crippen LogP contribution >= 0.6 is 15.9 Å². The summed E-state index contributed by atoms with van der Waals surface area (Å²) in [6, 6.07) is 13.7. The maximum absolute atomic E-state index is 12.0. The number of nitrogens with one attached hydrogen (secondary N) is 3. The second-order valence-corrected chi connectivity index (χ2v) is 6.92. The van der Waals surface area contributed by atoms with Gasteiger partial charge in [-0.2, -0.15) is 0 Å². The maximum Gasteiger partial charge on any atom is 0.276 e. The molecule has 1 saturated carbocycles. The molecule has 2 aromatic carbocycles. The summed E-state index contributed by atoms with van der Waals surface area (Å²) in [4.78, 5) is 35.7. The SMILES string of the molecule is O=C(COc1cccc(NC(=O)C2CC2)c1)NNC(=O)c1ccccc1Br. The monoisotopic (exact) mass is 431 g/mol. The van der Waals surface area contributed by atoms with Crippen LogP contribution in [0.3, 0.4) is 0 Å². The molecule has 140 valence electrons. The molecule has 8 heteroatoms. The van der Waals surface area contributed by atoms with Gasteiger partial charge in [-0.3, -0.25) is 25.2 Å². The van der Waals surface area contributed by atoms with Gasteiger partial charge in [0.05, 0.1) is 5.56 Å². The Hall–Kier alpha value is -2.87. The average Bonchev–Trinajstić information content (AvgIpc) is 3.50. The van der Waals surface area contributed by atoms with E-state index < -0.39 is 11.8 Å². The number of rotatable bonds is 6. The number of ether oxygens (including phenoxy) is 1. The molecule has 0 bridgehead atoms. The Morgan fingerprint density at radius 3 is 2.56 bits per heavy atom. The second kappa shape index (κ2) is 8.68. The third kappa shape index (κ3) is 5.55. The molecule has 0 unspecified atom stereocenters. The van der Waals surface area contributed by atoms with Crippen molar-refractivity contribution in [2.45, 2.75) is 12.8 Å². The summed E-state index contributed by atoms with van der Waals surface area (Å²) in [7, 11) is 0. The van der Waals surface area contributed by atoms with E-state index in [-0.39, 0.29) is 18.4 Å². The zero-order valence-electron chi connectivity index (χ0n) is 14.3. The van der Waals surface area contributed by atoms with Crippen molar-refractivity contribution in [2.24, 2.45) is 5.92 Å². The minimum atomic E-state index is -0.511. The predicted molar refractivity (Wildman–Crippen MR) is 103 cm³/mol. The zero-order chi connectivity index (χ0) is 19.2. The average molecular weight is 432 g/mol. The van der Waals surface area contributed by atoms with E-state index in [2.05, 4.69) is 32.1 Å². The third-order valence-electron chi connectivity index (χ3n) is 3.85. The van der Waals surface area contributed by atoms with Crippen molar-refractivity contribution in [3.63, 3.8) is 0 Å². The van der Waals surface area contributed by atoms with Gasteiger partial charge in [-0.25, -0.2) is 0 Å². The first-order valence-electron chi connectivity index (χ1n) is 8.40. The lowest BCUT2D eigenvalue weighted by Gasteiger charge is -2.10. The first-order chi connectivity index (χ1) is 13.0. The Labute approximate surface area is 164 Å². The molecular weight excluding hydrogens is 414 g/mol. The summed E-state index contributed by atoms with van der Waals surface area (Å²) in [5.41, 5.74) is 5.64. The van der Waals surface area contributed by atoms with Crippen LogP contribution in [-0.4, -0.2) is 24.3 Å². The highest BCUT2D eigenvalue weighted by Crippen LogP contribution is 2.30. The molecule has 0 aromatic heterocycles. The molecule has 3 amide bonds. The molecule has 3 rings (SSSR count). The van der Waals surface area contributed by atoms with E-state index in [0.29, 0.717) is 21.5 Å². The Bertz CT molecular complexity index is 868. The molecule has 7 nitrogen and oxygen atoms in total. The van der Waals surface area contributed by atoms with Crippen LogP contribution in [-0.2, 0) is 9.59 Å². The van der Waals surface area contributed by atoms with Crippen LogP contribution in [0.25, 0.3) is 0 Å². The van der Waals surface area contributed by atoms with Gasteiger partial charge in [-0.1, -0.05) is 18.2 Å². The van der Waals surface area contributed by atoms with Gasteiger partial charge in [0.1, 0.15) is 5.75 Å². The molecule has 0 saturated heterocycles. The van der Waals surface area contributed by atoms with Gasteiger partial charge in [0, 0.05) is 22.1 Å². The molecule has 0 aliphatic heterocycles. The fourth-order valence-electron chi connectivity index (χ4n) is 2.28. The first-order valence-corrected chi connectivity index (χ1v) is 9.19. The van der Waals surface area contributed by atoms with E-state index in [9.17, 15) is 14.4 Å². The van der Waals surface area contributed by atoms with E-state index in [4.69, 9.17) is 4.74 Å². The first kappa shape index (κ1) is 18.9. The highest BCUT2D eigenvalue weighted by molar-refractivity contribution is 9.10. The van der Waals surface area contributed by atoms with Crippen molar-refractivity contribution < 1.29 is 19.1 Å². The molecule has 1 fully saturated rings. The quantitative estimate of drug-likeness (QED) is 0.612. The molecular formula is C19H18BrN3O4. The molecule has 1 aliphatic carbocycles. The van der Waals surface area contributed by atoms with Crippen LogP contribution in [0.5, 0.6) is 5.75 Å². The number of hydrogen-bond donors (Lipinski definition) is 3. The normalized spacial score (nSPS) is 12.8. The minimum absolute atomic E-state index is 0.000298. The number of hydrogen-bond acceptors (Lipinski definition) is 4. The predicted octanol–water partition coefficient (Wildman–Crippen LogP) is 2.64. The third-order valence-corrected chi connectivity index (χ3v) is 4.55. The van der Waals surface area contributed by atoms with Crippen LogP contribution in [0.15, 0.2) is 53.0 Å². The van der Waals surface area contributed by atoms with Gasteiger partial charge < -0.3 is 10.1 Å². The largest absolute Gasteiger partial charge is 0.484 e. The molecule has 3 N–H and O–H groups in total. The van der Waals surface area contributed by atoms with Gasteiger partial charge in [0.2, 0.25) is 5.91 Å². The van der Waals surface area contributed by atoms with E-state index in [0.717, 1.165) is 12.8 Å². The summed E-state index contributed by atoms with van der Waals surface area (Å²) in [5, 5.41) is 2.81. The van der Waals surface area contributed by atoms with Crippen LogP contribution in [0.4, 0.5) is 5.69 Å². The Morgan fingerprint density at radius 1 is 1.04 bits per heavy atom. The van der Waals surface area contributed by atoms with E-state index in [1.54, 1.807) is 48.5 Å². The minimum Gasteiger partial charge on any atom is -0.484 e. The van der Waals surface area contributed by atoms with Gasteiger partial charge in [0.15, 0.2) is 6.61 Å². The van der Waals surface area contributed by atoms with Crippen LogP contribution < -0.4 is 20.9 Å². The van der Waals surface area contributed by atoms with Crippen molar-refractivity contribution in [2.75, 3.05) is 11.9 Å². The Kier molecular flexibility index (Phi) is 6.08. The molecule has 1 aliphatic rings. The van der Waals surface area contributed by atoms with E-state index >= 15 is 0 Å². The van der Waals surface area contributed by atoms with Gasteiger partial charge in [0.25, 0.3) is 11.8 Å². The Balaban J connectivity index is 1.45. The summed E-state index contributed by atoms with van der Waals surface area (Å²) >= 11 is 3.27. The number of carbonyl (C=O) groups is 3. The van der Waals surface area contributed by atoms with Crippen molar-refractivity contribution in [1.82, 2.24) is 10.9 Å². The van der Waals surface area contributed by atoms with Crippen molar-refractivity contribution in [3.05, 3.63) is 58.6 Å². The standard InChI is InChI=1S/C19H18BrN3O4/c20-16-7-2-1-6-15(16)19(26)23-22-17(24)11-27-14-5-3-4-13(10-14)21-18(25)12-8-9-12/h1-7,10,12H,8-9,11H2,(H,21,25)(H,22,24)(H,23,26). The number of amides is 3. The van der Waals surface area contributed by atoms with Crippen molar-refractivity contribution in [1.29, 1.82) is 0 Å². The number of carbonyl (C=O) groups excluding carboxylic acids is 3. The lowest BCUT2D eigenvalue weighted by Crippen LogP contribution is -2.43.